The van der Waals surface area contributed by atoms with Gasteiger partial charge in [-0.3, -0.25) is 24.0 Å². The molecule has 212 valence electrons. The molecule has 0 aromatic carbocycles. The van der Waals surface area contributed by atoms with E-state index in [0.29, 0.717) is 0 Å². The third kappa shape index (κ3) is 9.60. The first-order valence-corrected chi connectivity index (χ1v) is 12.7. The molecule has 1 heterocycles. The van der Waals surface area contributed by atoms with Gasteiger partial charge in [0.15, 0.2) is 12.2 Å². The Labute approximate surface area is 218 Å². The minimum Gasteiger partial charge on any atom is -0.463 e. The number of esters is 5. The van der Waals surface area contributed by atoms with Gasteiger partial charge in [-0.2, -0.15) is 0 Å². The van der Waals surface area contributed by atoms with Gasteiger partial charge >= 0.3 is 29.8 Å². The highest BCUT2D eigenvalue weighted by Gasteiger charge is 2.54. The van der Waals surface area contributed by atoms with Crippen molar-refractivity contribution < 1.29 is 52.4 Å². The monoisotopic (exact) mass is 530 g/mol. The maximum absolute atomic E-state index is 12.7. The highest BCUT2D eigenvalue weighted by molar-refractivity contribution is 5.74. The van der Waals surface area contributed by atoms with Crippen molar-refractivity contribution in [1.29, 1.82) is 0 Å². The predicted octanol–water partition coefficient (Wildman–Crippen LogP) is 2.81. The number of carbonyl (C=O) groups excluding carboxylic acids is 5. The van der Waals surface area contributed by atoms with Crippen LogP contribution in [0.5, 0.6) is 0 Å². The van der Waals surface area contributed by atoms with E-state index < -0.39 is 96.7 Å². The van der Waals surface area contributed by atoms with E-state index in [2.05, 4.69) is 0 Å². The third-order valence-electron chi connectivity index (χ3n) is 5.33. The van der Waals surface area contributed by atoms with Crippen LogP contribution in [0.3, 0.4) is 0 Å². The van der Waals surface area contributed by atoms with Crippen LogP contribution in [0.1, 0.15) is 69.2 Å². The Morgan fingerprint density at radius 3 is 1.27 bits per heavy atom. The second-order valence-electron chi connectivity index (χ2n) is 10.6. The van der Waals surface area contributed by atoms with E-state index in [1.807, 2.05) is 0 Å². The van der Waals surface area contributed by atoms with Crippen LogP contribution < -0.4 is 0 Å². The highest BCUT2D eigenvalue weighted by atomic mass is 16.7. The van der Waals surface area contributed by atoms with Gasteiger partial charge < -0.3 is 28.4 Å². The van der Waals surface area contributed by atoms with Crippen molar-refractivity contribution in [1.82, 2.24) is 0 Å². The number of carbonyl (C=O) groups is 5. The average Bonchev–Trinajstić information content (AvgIpc) is 2.80. The molecule has 1 rings (SSSR count). The van der Waals surface area contributed by atoms with Crippen molar-refractivity contribution in [2.24, 2.45) is 29.6 Å². The van der Waals surface area contributed by atoms with Crippen LogP contribution in [0.25, 0.3) is 0 Å². The molecule has 11 nitrogen and oxygen atoms in total. The van der Waals surface area contributed by atoms with Crippen LogP contribution in [0.2, 0.25) is 0 Å². The zero-order valence-corrected chi connectivity index (χ0v) is 23.5. The summed E-state index contributed by atoms with van der Waals surface area (Å²) in [6.45, 7) is 15.7. The van der Waals surface area contributed by atoms with Gasteiger partial charge in [-0.15, -0.1) is 0 Å². The van der Waals surface area contributed by atoms with Crippen LogP contribution in [0, 0.1) is 29.6 Å². The molecule has 0 spiro atoms. The first-order valence-electron chi connectivity index (χ1n) is 12.7. The third-order valence-corrected chi connectivity index (χ3v) is 5.33. The molecule has 1 unspecified atom stereocenters. The number of ether oxygens (including phenoxy) is 6. The van der Waals surface area contributed by atoms with Crippen LogP contribution in [-0.4, -0.2) is 67.2 Å². The Morgan fingerprint density at radius 2 is 0.865 bits per heavy atom. The Kier molecular flexibility index (Phi) is 12.5. The SMILES string of the molecule is CC(C)C(=O)OC[C@H]1OC(OC(=O)C(C)C)[C@H](OC(=O)C(C)C)[C@@H](OC(=O)C(C)C)[C@@H]1OC(=O)C(C)C. The predicted molar refractivity (Wildman–Crippen MR) is 130 cm³/mol. The van der Waals surface area contributed by atoms with E-state index in [4.69, 9.17) is 28.4 Å². The summed E-state index contributed by atoms with van der Waals surface area (Å²) in [6, 6.07) is 0. The summed E-state index contributed by atoms with van der Waals surface area (Å²) in [5.74, 6) is -5.95. The van der Waals surface area contributed by atoms with Crippen LogP contribution in [0.15, 0.2) is 0 Å². The van der Waals surface area contributed by atoms with Crippen molar-refractivity contribution in [2.45, 2.75) is 99.9 Å². The average molecular weight is 531 g/mol. The molecule has 0 bridgehead atoms. The topological polar surface area (TPSA) is 141 Å². The molecule has 0 saturated carbocycles. The molecule has 1 aliphatic heterocycles. The molecule has 5 atom stereocenters. The van der Waals surface area contributed by atoms with Gasteiger partial charge in [-0.1, -0.05) is 69.2 Å². The lowest BCUT2D eigenvalue weighted by Gasteiger charge is -2.44. The van der Waals surface area contributed by atoms with E-state index in [1.165, 1.54) is 0 Å². The molecular formula is C26H42O11. The Hall–Kier alpha value is -2.69. The second-order valence-corrected chi connectivity index (χ2v) is 10.6. The van der Waals surface area contributed by atoms with Gasteiger partial charge in [-0.25, -0.2) is 0 Å². The van der Waals surface area contributed by atoms with Gasteiger partial charge in [0.1, 0.15) is 12.7 Å². The molecule has 11 heteroatoms. The molecule has 0 aromatic rings. The Balaban J connectivity index is 3.59. The number of hydrogen-bond donors (Lipinski definition) is 0. The quantitative estimate of drug-likeness (QED) is 0.287. The van der Waals surface area contributed by atoms with E-state index in [1.54, 1.807) is 69.2 Å². The maximum Gasteiger partial charge on any atom is 0.310 e. The van der Waals surface area contributed by atoms with Gasteiger partial charge in [0.25, 0.3) is 0 Å². The first kappa shape index (κ1) is 32.3. The highest BCUT2D eigenvalue weighted by Crippen LogP contribution is 2.32. The Bertz CT molecular complexity index is 815. The van der Waals surface area contributed by atoms with Crippen molar-refractivity contribution >= 4 is 29.8 Å². The van der Waals surface area contributed by atoms with E-state index in [-0.39, 0.29) is 0 Å². The van der Waals surface area contributed by atoms with Gasteiger partial charge in [-0.05, 0) is 0 Å². The van der Waals surface area contributed by atoms with Gasteiger partial charge in [0, 0.05) is 0 Å². The fraction of sp³-hybridized carbons (Fsp3) is 0.808. The summed E-state index contributed by atoms with van der Waals surface area (Å²) in [7, 11) is 0. The van der Waals surface area contributed by atoms with Crippen molar-refractivity contribution in [2.75, 3.05) is 6.61 Å². The Morgan fingerprint density at radius 1 is 0.514 bits per heavy atom. The summed E-state index contributed by atoms with van der Waals surface area (Å²) in [4.78, 5) is 62.6. The second kappa shape index (κ2) is 14.3. The molecule has 0 aliphatic carbocycles. The molecule has 1 fully saturated rings. The lowest BCUT2D eigenvalue weighted by atomic mass is 9.97. The molecule has 0 N–H and O–H groups in total. The van der Waals surface area contributed by atoms with Gasteiger partial charge in [0.2, 0.25) is 12.4 Å². The zero-order valence-electron chi connectivity index (χ0n) is 23.5. The molecule has 0 aromatic heterocycles. The normalized spacial score (nSPS) is 23.8. The minimum absolute atomic E-state index is 0.399. The fourth-order valence-electron chi connectivity index (χ4n) is 2.90. The van der Waals surface area contributed by atoms with Crippen molar-refractivity contribution in [3.8, 4) is 0 Å². The summed E-state index contributed by atoms with van der Waals surface area (Å²) in [5.41, 5.74) is 0. The molecule has 37 heavy (non-hydrogen) atoms. The lowest BCUT2D eigenvalue weighted by Crippen LogP contribution is -2.64. The molecule has 0 amide bonds. The summed E-state index contributed by atoms with van der Waals surface area (Å²) >= 11 is 0. The van der Waals surface area contributed by atoms with E-state index in [0.717, 1.165) is 0 Å². The zero-order chi connectivity index (χ0) is 28.6. The molecular weight excluding hydrogens is 488 g/mol. The maximum atomic E-state index is 12.7. The summed E-state index contributed by atoms with van der Waals surface area (Å²) in [5, 5.41) is 0. The van der Waals surface area contributed by atoms with E-state index in [9.17, 15) is 24.0 Å². The van der Waals surface area contributed by atoms with E-state index >= 15 is 0 Å². The van der Waals surface area contributed by atoms with Crippen molar-refractivity contribution in [3.05, 3.63) is 0 Å². The smallest absolute Gasteiger partial charge is 0.310 e. The molecule has 1 saturated heterocycles. The molecule has 0 radical (unpaired) electrons. The van der Waals surface area contributed by atoms with Crippen LogP contribution >= 0.6 is 0 Å². The standard InChI is InChI=1S/C26H42O11/c1-12(2)21(27)32-11-17-18(34-22(28)13(3)4)19(35-23(29)14(5)6)20(36-24(30)15(7)8)26(33-17)37-25(31)16(9)10/h12-20,26H,11H2,1-10H3/t17-,18-,19+,20-,26?/m1/s1. The largest absolute Gasteiger partial charge is 0.463 e. The number of hydrogen-bond acceptors (Lipinski definition) is 11. The lowest BCUT2D eigenvalue weighted by molar-refractivity contribution is -0.303. The van der Waals surface area contributed by atoms with Crippen LogP contribution in [0.4, 0.5) is 0 Å². The number of rotatable bonds is 11. The summed E-state index contributed by atoms with van der Waals surface area (Å²) in [6.07, 6.45) is -6.94. The van der Waals surface area contributed by atoms with Crippen molar-refractivity contribution in [3.63, 3.8) is 0 Å². The molecule has 1 aliphatic rings. The van der Waals surface area contributed by atoms with Gasteiger partial charge in [0.05, 0.1) is 29.6 Å². The first-order chi connectivity index (χ1) is 17.1. The van der Waals surface area contributed by atoms with Crippen LogP contribution in [-0.2, 0) is 52.4 Å². The summed E-state index contributed by atoms with van der Waals surface area (Å²) < 4.78 is 33.7. The minimum atomic E-state index is -1.53. The fourth-order valence-corrected chi connectivity index (χ4v) is 2.90.